The molecular weight excluding hydrogens is 324 g/mol. The first kappa shape index (κ1) is 15.1. The molecule has 1 aromatic rings. The van der Waals surface area contributed by atoms with Crippen LogP contribution in [0.4, 0.5) is 10.5 Å². The number of carbonyl (C=O) groups is 1. The summed E-state index contributed by atoms with van der Waals surface area (Å²) in [6, 6.07) is 5.92. The lowest BCUT2D eigenvalue weighted by Gasteiger charge is -2.35. The van der Waals surface area contributed by atoms with Gasteiger partial charge in [-0.2, -0.15) is 0 Å². The highest BCUT2D eigenvalue weighted by Gasteiger charge is 2.22. The van der Waals surface area contributed by atoms with Gasteiger partial charge in [-0.05, 0) is 24.6 Å². The summed E-state index contributed by atoms with van der Waals surface area (Å²) >= 11 is 3.46. The van der Waals surface area contributed by atoms with Gasteiger partial charge in [-0.3, -0.25) is 0 Å². The van der Waals surface area contributed by atoms with E-state index in [1.807, 2.05) is 25.1 Å². The molecule has 0 saturated carbocycles. The highest BCUT2D eigenvalue weighted by Crippen LogP contribution is 2.25. The van der Waals surface area contributed by atoms with Crippen LogP contribution in [0.15, 0.2) is 22.7 Å². The molecule has 0 aliphatic carbocycles. The van der Waals surface area contributed by atoms with Crippen molar-refractivity contribution < 1.29 is 14.6 Å². The van der Waals surface area contributed by atoms with Gasteiger partial charge in [-0.1, -0.05) is 22.0 Å². The topological polar surface area (TPSA) is 53.0 Å². The average molecular weight is 343 g/mol. The van der Waals surface area contributed by atoms with Crippen molar-refractivity contribution in [2.24, 2.45) is 0 Å². The first-order chi connectivity index (χ1) is 9.65. The monoisotopic (exact) mass is 342 g/mol. The molecule has 1 fully saturated rings. The molecule has 1 heterocycles. The largest absolute Gasteiger partial charge is 0.450 e. The van der Waals surface area contributed by atoms with E-state index in [1.165, 1.54) is 0 Å². The fourth-order valence-electron chi connectivity index (χ4n) is 2.22. The predicted molar refractivity (Wildman–Crippen MR) is 80.9 cm³/mol. The number of ether oxygens (including phenoxy) is 1. The number of anilines is 1. The second-order valence-electron chi connectivity index (χ2n) is 4.61. The van der Waals surface area contributed by atoms with Crippen LogP contribution < -0.4 is 4.90 Å². The van der Waals surface area contributed by atoms with E-state index in [9.17, 15) is 4.79 Å². The zero-order valence-corrected chi connectivity index (χ0v) is 13.1. The molecule has 6 heteroatoms. The molecule has 0 spiro atoms. The van der Waals surface area contributed by atoms with Crippen LogP contribution in [-0.2, 0) is 11.3 Å². The van der Waals surface area contributed by atoms with Crippen LogP contribution in [0.1, 0.15) is 12.5 Å². The number of piperazine rings is 1. The van der Waals surface area contributed by atoms with E-state index in [0.29, 0.717) is 19.7 Å². The first-order valence-electron chi connectivity index (χ1n) is 6.71. The molecule has 2 rings (SSSR count). The summed E-state index contributed by atoms with van der Waals surface area (Å²) < 4.78 is 5.91. The number of carbonyl (C=O) groups excluding carboxylic acids is 1. The Hall–Kier alpha value is -1.27. The van der Waals surface area contributed by atoms with Crippen LogP contribution in [-0.4, -0.2) is 48.9 Å². The number of rotatable bonds is 3. The van der Waals surface area contributed by atoms with Crippen LogP contribution in [0, 0.1) is 0 Å². The number of aliphatic hydroxyl groups excluding tert-OH is 1. The number of hydrogen-bond donors (Lipinski definition) is 1. The molecular formula is C14H19BrN2O3. The number of halogens is 1. The van der Waals surface area contributed by atoms with Crippen molar-refractivity contribution in [2.75, 3.05) is 37.7 Å². The van der Waals surface area contributed by atoms with Gasteiger partial charge in [0.1, 0.15) is 0 Å². The van der Waals surface area contributed by atoms with Crippen molar-refractivity contribution in [2.45, 2.75) is 13.5 Å². The van der Waals surface area contributed by atoms with E-state index in [2.05, 4.69) is 20.8 Å². The van der Waals surface area contributed by atoms with E-state index >= 15 is 0 Å². The third-order valence-corrected chi connectivity index (χ3v) is 4.12. The maximum atomic E-state index is 11.6. The van der Waals surface area contributed by atoms with Crippen molar-refractivity contribution in [3.63, 3.8) is 0 Å². The highest BCUT2D eigenvalue weighted by molar-refractivity contribution is 9.10. The smallest absolute Gasteiger partial charge is 0.409 e. The van der Waals surface area contributed by atoms with E-state index in [-0.39, 0.29) is 12.7 Å². The van der Waals surface area contributed by atoms with E-state index in [0.717, 1.165) is 28.8 Å². The fourth-order valence-corrected chi connectivity index (χ4v) is 2.72. The maximum absolute atomic E-state index is 11.6. The summed E-state index contributed by atoms with van der Waals surface area (Å²) in [7, 11) is 0. The molecule has 0 radical (unpaired) electrons. The normalized spacial score (nSPS) is 15.3. The van der Waals surface area contributed by atoms with Gasteiger partial charge in [0.15, 0.2) is 0 Å². The molecule has 1 aliphatic heterocycles. The molecule has 20 heavy (non-hydrogen) atoms. The summed E-state index contributed by atoms with van der Waals surface area (Å²) in [4.78, 5) is 15.6. The third kappa shape index (κ3) is 3.43. The summed E-state index contributed by atoms with van der Waals surface area (Å²) in [5.41, 5.74) is 1.97. The lowest BCUT2D eigenvalue weighted by atomic mass is 10.2. The Morgan fingerprint density at radius 2 is 2.05 bits per heavy atom. The Morgan fingerprint density at radius 1 is 1.35 bits per heavy atom. The van der Waals surface area contributed by atoms with Gasteiger partial charge < -0.3 is 19.6 Å². The summed E-state index contributed by atoms with van der Waals surface area (Å²) in [5.74, 6) is 0. The standard InChI is InChI=1S/C14H19BrN2O3/c1-2-20-14(19)17-7-5-16(6-8-17)12-4-3-11(10-18)13(15)9-12/h3-4,9,18H,2,5-8,10H2,1H3. The number of benzene rings is 1. The second kappa shape index (κ2) is 6.95. The van der Waals surface area contributed by atoms with Crippen LogP contribution in [0.2, 0.25) is 0 Å². The van der Waals surface area contributed by atoms with Crippen molar-refractivity contribution in [1.29, 1.82) is 0 Å². The van der Waals surface area contributed by atoms with Crippen LogP contribution in [0.5, 0.6) is 0 Å². The Kier molecular flexibility index (Phi) is 5.25. The molecule has 0 unspecified atom stereocenters. The van der Waals surface area contributed by atoms with Gasteiger partial charge >= 0.3 is 6.09 Å². The molecule has 0 atom stereocenters. The minimum Gasteiger partial charge on any atom is -0.450 e. The predicted octanol–water partition coefficient (Wildman–Crippen LogP) is 2.22. The van der Waals surface area contributed by atoms with Gasteiger partial charge in [0.25, 0.3) is 0 Å². The molecule has 1 aromatic carbocycles. The minimum absolute atomic E-state index is 0.0253. The SMILES string of the molecule is CCOC(=O)N1CCN(c2ccc(CO)c(Br)c2)CC1. The lowest BCUT2D eigenvalue weighted by molar-refractivity contribution is 0.105. The van der Waals surface area contributed by atoms with Crippen molar-refractivity contribution in [3.8, 4) is 0 Å². The number of hydrogen-bond acceptors (Lipinski definition) is 4. The Balaban J connectivity index is 1.97. The van der Waals surface area contributed by atoms with E-state index in [1.54, 1.807) is 4.90 Å². The lowest BCUT2D eigenvalue weighted by Crippen LogP contribution is -2.49. The van der Waals surface area contributed by atoms with Gasteiger partial charge in [-0.15, -0.1) is 0 Å². The molecule has 1 saturated heterocycles. The first-order valence-corrected chi connectivity index (χ1v) is 7.51. The molecule has 0 bridgehead atoms. The fraction of sp³-hybridized carbons (Fsp3) is 0.500. The number of nitrogens with zero attached hydrogens (tertiary/aromatic N) is 2. The van der Waals surface area contributed by atoms with Crippen LogP contribution >= 0.6 is 15.9 Å². The van der Waals surface area contributed by atoms with Crippen LogP contribution in [0.3, 0.4) is 0 Å². The third-order valence-electron chi connectivity index (χ3n) is 3.38. The molecule has 1 N–H and O–H groups in total. The number of aliphatic hydroxyl groups is 1. The van der Waals surface area contributed by atoms with Gasteiger partial charge in [0.05, 0.1) is 13.2 Å². The summed E-state index contributed by atoms with van der Waals surface area (Å²) in [5, 5.41) is 9.16. The number of amides is 1. The molecule has 0 aromatic heterocycles. The highest BCUT2D eigenvalue weighted by atomic mass is 79.9. The average Bonchev–Trinajstić information content (AvgIpc) is 2.47. The quantitative estimate of drug-likeness (QED) is 0.914. The van der Waals surface area contributed by atoms with Crippen LogP contribution in [0.25, 0.3) is 0 Å². The molecule has 5 nitrogen and oxygen atoms in total. The zero-order valence-electron chi connectivity index (χ0n) is 11.5. The Morgan fingerprint density at radius 3 is 2.60 bits per heavy atom. The Labute approximate surface area is 127 Å². The minimum atomic E-state index is -0.232. The molecule has 110 valence electrons. The van der Waals surface area contributed by atoms with Crippen molar-refractivity contribution in [3.05, 3.63) is 28.2 Å². The van der Waals surface area contributed by atoms with E-state index < -0.39 is 0 Å². The maximum Gasteiger partial charge on any atom is 0.409 e. The molecule has 1 aliphatic rings. The Bertz CT molecular complexity index is 473. The van der Waals surface area contributed by atoms with Gasteiger partial charge in [0.2, 0.25) is 0 Å². The summed E-state index contributed by atoms with van der Waals surface area (Å²) in [6.45, 7) is 5.14. The van der Waals surface area contributed by atoms with Gasteiger partial charge in [0, 0.05) is 36.3 Å². The van der Waals surface area contributed by atoms with Crippen molar-refractivity contribution >= 4 is 27.7 Å². The van der Waals surface area contributed by atoms with Crippen molar-refractivity contribution in [1.82, 2.24) is 4.90 Å². The van der Waals surface area contributed by atoms with Gasteiger partial charge in [-0.25, -0.2) is 4.79 Å². The second-order valence-corrected chi connectivity index (χ2v) is 5.46. The zero-order chi connectivity index (χ0) is 14.5. The van der Waals surface area contributed by atoms with E-state index in [4.69, 9.17) is 9.84 Å². The molecule has 1 amide bonds. The summed E-state index contributed by atoms with van der Waals surface area (Å²) in [6.07, 6.45) is -0.232.